The normalized spacial score (nSPS) is 9.83. The number of halogens is 2. The molecule has 0 aliphatic carbocycles. The Kier molecular flexibility index (Phi) is 3.75. The van der Waals surface area contributed by atoms with Gasteiger partial charge in [0, 0.05) is 12.7 Å². The van der Waals surface area contributed by atoms with Gasteiger partial charge in [-0.15, -0.1) is 0 Å². The zero-order valence-electron chi connectivity index (χ0n) is 9.32. The first-order valence-electron chi connectivity index (χ1n) is 5.23. The van der Waals surface area contributed by atoms with Crippen molar-refractivity contribution in [2.45, 2.75) is 6.54 Å². The minimum Gasteiger partial charge on any atom is -0.377 e. The number of pyridine rings is 1. The van der Waals surface area contributed by atoms with Crippen LogP contribution in [0.3, 0.4) is 0 Å². The molecule has 0 amide bonds. The Balaban J connectivity index is 2.14. The Bertz CT molecular complexity index is 587. The molecule has 0 aliphatic heterocycles. The summed E-state index contributed by atoms with van der Waals surface area (Å²) in [5, 5.41) is 11.9. The summed E-state index contributed by atoms with van der Waals surface area (Å²) < 4.78 is 13.5. The van der Waals surface area contributed by atoms with Crippen LogP contribution in [0.5, 0.6) is 0 Å². The number of nitrogens with one attached hydrogen (secondary N) is 1. The summed E-state index contributed by atoms with van der Waals surface area (Å²) in [5.41, 5.74) is 1.42. The van der Waals surface area contributed by atoms with E-state index in [0.717, 1.165) is 5.56 Å². The lowest BCUT2D eigenvalue weighted by Gasteiger charge is -2.09. The lowest BCUT2D eigenvalue weighted by molar-refractivity contribution is 0.630. The molecule has 1 heterocycles. The van der Waals surface area contributed by atoms with Gasteiger partial charge < -0.3 is 5.32 Å². The molecule has 0 saturated carbocycles. The van der Waals surface area contributed by atoms with Crippen LogP contribution >= 0.6 is 11.6 Å². The third-order valence-corrected chi connectivity index (χ3v) is 2.69. The molecule has 18 heavy (non-hydrogen) atoms. The van der Waals surface area contributed by atoms with E-state index in [9.17, 15) is 4.39 Å². The molecular formula is C13H9ClFN3. The summed E-state index contributed by atoms with van der Waals surface area (Å²) in [6.45, 7) is 0.373. The van der Waals surface area contributed by atoms with E-state index in [1.807, 2.05) is 6.07 Å². The summed E-state index contributed by atoms with van der Waals surface area (Å²) in [7, 11) is 0. The molecule has 0 fully saturated rings. The van der Waals surface area contributed by atoms with Gasteiger partial charge in [0.25, 0.3) is 0 Å². The van der Waals surface area contributed by atoms with Crippen molar-refractivity contribution in [2.24, 2.45) is 0 Å². The molecule has 1 N–H and O–H groups in total. The maximum absolute atomic E-state index is 13.5. The van der Waals surface area contributed by atoms with Crippen molar-refractivity contribution in [1.29, 1.82) is 5.26 Å². The fourth-order valence-electron chi connectivity index (χ4n) is 1.50. The van der Waals surface area contributed by atoms with Crippen LogP contribution in [0.1, 0.15) is 11.3 Å². The molecule has 2 aromatic rings. The predicted octanol–water partition coefficient (Wildman–Crippen LogP) is 3.36. The molecule has 0 unspecified atom stereocenters. The monoisotopic (exact) mass is 261 g/mol. The molecule has 0 bridgehead atoms. The number of para-hydroxylation sites is 1. The molecular weight excluding hydrogens is 253 g/mol. The van der Waals surface area contributed by atoms with E-state index in [2.05, 4.69) is 10.3 Å². The number of hydrogen-bond acceptors (Lipinski definition) is 3. The standard InChI is InChI=1S/C13H9ClFN3/c14-11-2-1-3-12(15)13(11)18-8-9-4-5-17-10(6-9)7-16/h1-6,18H,8H2. The van der Waals surface area contributed by atoms with E-state index < -0.39 is 5.82 Å². The zero-order valence-corrected chi connectivity index (χ0v) is 10.1. The molecule has 1 aromatic heterocycles. The van der Waals surface area contributed by atoms with Crippen molar-refractivity contribution < 1.29 is 4.39 Å². The lowest BCUT2D eigenvalue weighted by Crippen LogP contribution is -2.02. The molecule has 0 saturated heterocycles. The topological polar surface area (TPSA) is 48.7 Å². The zero-order chi connectivity index (χ0) is 13.0. The van der Waals surface area contributed by atoms with Gasteiger partial charge in [0.1, 0.15) is 17.6 Å². The Labute approximate surface area is 109 Å². The van der Waals surface area contributed by atoms with Gasteiger partial charge in [0.2, 0.25) is 0 Å². The van der Waals surface area contributed by atoms with Crippen molar-refractivity contribution in [2.75, 3.05) is 5.32 Å². The second kappa shape index (κ2) is 5.48. The van der Waals surface area contributed by atoms with Crippen LogP contribution in [0.15, 0.2) is 36.5 Å². The van der Waals surface area contributed by atoms with Crippen molar-refractivity contribution in [3.63, 3.8) is 0 Å². The molecule has 0 aliphatic rings. The number of hydrogen-bond donors (Lipinski definition) is 1. The SMILES string of the molecule is N#Cc1cc(CNc2c(F)cccc2Cl)ccn1. The highest BCUT2D eigenvalue weighted by Gasteiger charge is 2.06. The summed E-state index contributed by atoms with van der Waals surface area (Å²) in [6, 6.07) is 9.83. The first-order chi connectivity index (χ1) is 8.70. The van der Waals surface area contributed by atoms with Gasteiger partial charge >= 0.3 is 0 Å². The van der Waals surface area contributed by atoms with Gasteiger partial charge in [-0.05, 0) is 29.8 Å². The van der Waals surface area contributed by atoms with Gasteiger partial charge in [-0.2, -0.15) is 5.26 Å². The van der Waals surface area contributed by atoms with Crippen LogP contribution in [0.2, 0.25) is 5.02 Å². The molecule has 2 rings (SSSR count). The Morgan fingerprint density at radius 3 is 2.94 bits per heavy atom. The summed E-state index contributed by atoms with van der Waals surface area (Å²) in [6.07, 6.45) is 1.54. The fourth-order valence-corrected chi connectivity index (χ4v) is 1.73. The lowest BCUT2D eigenvalue weighted by atomic mass is 10.2. The number of rotatable bonds is 3. The smallest absolute Gasteiger partial charge is 0.147 e. The Hall–Kier alpha value is -2.12. The number of benzene rings is 1. The molecule has 0 atom stereocenters. The third kappa shape index (κ3) is 2.76. The highest BCUT2D eigenvalue weighted by molar-refractivity contribution is 6.33. The minimum absolute atomic E-state index is 0.259. The van der Waals surface area contributed by atoms with E-state index in [-0.39, 0.29) is 5.69 Å². The van der Waals surface area contributed by atoms with Crippen molar-refractivity contribution in [1.82, 2.24) is 4.98 Å². The molecule has 90 valence electrons. The molecule has 1 aromatic carbocycles. The van der Waals surface area contributed by atoms with Gasteiger partial charge in [0.15, 0.2) is 0 Å². The van der Waals surface area contributed by atoms with Gasteiger partial charge in [-0.1, -0.05) is 17.7 Å². The summed E-state index contributed by atoms with van der Waals surface area (Å²) in [5.74, 6) is -0.405. The van der Waals surface area contributed by atoms with Crippen molar-refractivity contribution >= 4 is 17.3 Å². The average molecular weight is 262 g/mol. The summed E-state index contributed by atoms with van der Waals surface area (Å²) in [4.78, 5) is 3.86. The first kappa shape index (κ1) is 12.3. The molecule has 0 spiro atoms. The van der Waals surface area contributed by atoms with E-state index in [1.54, 1.807) is 30.5 Å². The van der Waals surface area contributed by atoms with Crippen LogP contribution in [0.4, 0.5) is 10.1 Å². The Morgan fingerprint density at radius 2 is 2.22 bits per heavy atom. The Morgan fingerprint density at radius 1 is 1.39 bits per heavy atom. The largest absolute Gasteiger partial charge is 0.377 e. The number of aromatic nitrogens is 1. The quantitative estimate of drug-likeness (QED) is 0.922. The maximum atomic E-state index is 13.5. The summed E-state index contributed by atoms with van der Waals surface area (Å²) >= 11 is 5.89. The molecule has 5 heteroatoms. The molecule has 3 nitrogen and oxygen atoms in total. The average Bonchev–Trinajstić information content (AvgIpc) is 2.38. The van der Waals surface area contributed by atoms with E-state index in [0.29, 0.717) is 17.3 Å². The maximum Gasteiger partial charge on any atom is 0.147 e. The van der Waals surface area contributed by atoms with E-state index in [4.69, 9.17) is 16.9 Å². The van der Waals surface area contributed by atoms with Crippen LogP contribution in [0.25, 0.3) is 0 Å². The third-order valence-electron chi connectivity index (χ3n) is 2.37. The van der Waals surface area contributed by atoms with E-state index >= 15 is 0 Å². The van der Waals surface area contributed by atoms with Crippen molar-refractivity contribution in [3.05, 3.63) is 58.6 Å². The second-order valence-corrected chi connectivity index (χ2v) is 4.02. The van der Waals surface area contributed by atoms with Gasteiger partial charge in [-0.3, -0.25) is 0 Å². The van der Waals surface area contributed by atoms with Gasteiger partial charge in [0.05, 0.1) is 10.7 Å². The predicted molar refractivity (Wildman–Crippen MR) is 67.7 cm³/mol. The van der Waals surface area contributed by atoms with Crippen LogP contribution in [-0.4, -0.2) is 4.98 Å². The van der Waals surface area contributed by atoms with Crippen LogP contribution in [-0.2, 0) is 6.54 Å². The highest BCUT2D eigenvalue weighted by atomic mass is 35.5. The van der Waals surface area contributed by atoms with Crippen LogP contribution < -0.4 is 5.32 Å². The molecule has 0 radical (unpaired) electrons. The minimum atomic E-state index is -0.405. The number of anilines is 1. The highest BCUT2D eigenvalue weighted by Crippen LogP contribution is 2.25. The van der Waals surface area contributed by atoms with E-state index in [1.165, 1.54) is 6.07 Å². The van der Waals surface area contributed by atoms with Gasteiger partial charge in [-0.25, -0.2) is 9.37 Å². The second-order valence-electron chi connectivity index (χ2n) is 3.61. The van der Waals surface area contributed by atoms with Crippen LogP contribution in [0, 0.1) is 17.1 Å². The number of nitriles is 1. The number of nitrogens with zero attached hydrogens (tertiary/aromatic N) is 2. The first-order valence-corrected chi connectivity index (χ1v) is 5.61. The van der Waals surface area contributed by atoms with Crippen molar-refractivity contribution in [3.8, 4) is 6.07 Å². The fraction of sp³-hybridized carbons (Fsp3) is 0.0769.